The summed E-state index contributed by atoms with van der Waals surface area (Å²) in [5, 5.41) is 4.32. The number of anilines is 1. The zero-order chi connectivity index (χ0) is 16.8. The Bertz CT molecular complexity index is 721. The molecule has 120 valence electrons. The third-order valence-electron chi connectivity index (χ3n) is 3.62. The number of carbonyl (C=O) groups excluding carboxylic acids is 1. The molecule has 2 rings (SSSR count). The number of hydrogen-bond donors (Lipinski definition) is 1. The fourth-order valence-electron chi connectivity index (χ4n) is 2.38. The van der Waals surface area contributed by atoms with E-state index in [0.717, 1.165) is 35.2 Å². The molecule has 0 heterocycles. The summed E-state index contributed by atoms with van der Waals surface area (Å²) < 4.78 is 0. The van der Waals surface area contributed by atoms with E-state index in [0.29, 0.717) is 10.0 Å². The van der Waals surface area contributed by atoms with Crippen LogP contribution in [-0.2, 0) is 17.6 Å². The molecule has 0 aromatic heterocycles. The Morgan fingerprint density at radius 3 is 2.35 bits per heavy atom. The molecular weight excluding hydrogens is 329 g/mol. The minimum atomic E-state index is -0.174. The van der Waals surface area contributed by atoms with Crippen molar-refractivity contribution in [3.8, 4) is 0 Å². The second-order valence-electron chi connectivity index (χ2n) is 5.14. The lowest BCUT2D eigenvalue weighted by atomic mass is 10.0. The van der Waals surface area contributed by atoms with E-state index in [1.54, 1.807) is 18.2 Å². The first-order chi connectivity index (χ1) is 11.0. The van der Waals surface area contributed by atoms with E-state index < -0.39 is 0 Å². The quantitative estimate of drug-likeness (QED) is 0.683. The molecular formula is C19H19Cl2NO. The monoisotopic (exact) mass is 347 g/mol. The minimum absolute atomic E-state index is 0.174. The molecule has 0 unspecified atom stereocenters. The van der Waals surface area contributed by atoms with E-state index in [9.17, 15) is 4.79 Å². The number of aryl methyl sites for hydroxylation is 1. The van der Waals surface area contributed by atoms with E-state index in [4.69, 9.17) is 23.2 Å². The maximum Gasteiger partial charge on any atom is 0.248 e. The van der Waals surface area contributed by atoms with Gasteiger partial charge in [-0.25, -0.2) is 0 Å². The molecule has 0 saturated carbocycles. The van der Waals surface area contributed by atoms with E-state index >= 15 is 0 Å². The van der Waals surface area contributed by atoms with Gasteiger partial charge in [-0.15, -0.1) is 0 Å². The van der Waals surface area contributed by atoms with Crippen LogP contribution >= 0.6 is 23.2 Å². The van der Waals surface area contributed by atoms with Crippen LogP contribution in [0.2, 0.25) is 10.0 Å². The van der Waals surface area contributed by atoms with Crippen LogP contribution in [0.5, 0.6) is 0 Å². The average molecular weight is 348 g/mol. The molecule has 0 aliphatic rings. The molecule has 2 nitrogen and oxygen atoms in total. The Balaban J connectivity index is 2.19. The first-order valence-electron chi connectivity index (χ1n) is 7.60. The molecule has 0 radical (unpaired) electrons. The molecule has 0 spiro atoms. The Labute approximate surface area is 147 Å². The molecule has 1 N–H and O–H groups in total. The van der Waals surface area contributed by atoms with Gasteiger partial charge in [0.2, 0.25) is 5.91 Å². The first-order valence-corrected chi connectivity index (χ1v) is 8.35. The Hall–Kier alpha value is -1.77. The van der Waals surface area contributed by atoms with Crippen molar-refractivity contribution in [2.45, 2.75) is 26.7 Å². The Morgan fingerprint density at radius 1 is 1.04 bits per heavy atom. The van der Waals surface area contributed by atoms with Crippen molar-refractivity contribution >= 4 is 40.9 Å². The second-order valence-corrected chi connectivity index (χ2v) is 5.98. The molecule has 0 atom stereocenters. The molecule has 23 heavy (non-hydrogen) atoms. The number of halogens is 2. The number of rotatable bonds is 5. The molecule has 4 heteroatoms. The van der Waals surface area contributed by atoms with Crippen molar-refractivity contribution in [3.63, 3.8) is 0 Å². The molecule has 2 aromatic carbocycles. The summed E-state index contributed by atoms with van der Waals surface area (Å²) in [4.78, 5) is 12.2. The van der Waals surface area contributed by atoms with Crippen LogP contribution in [0.15, 0.2) is 42.5 Å². The van der Waals surface area contributed by atoms with Crippen LogP contribution in [0.1, 0.15) is 30.5 Å². The summed E-state index contributed by atoms with van der Waals surface area (Å²) >= 11 is 12.1. The number of carbonyl (C=O) groups is 1. The van der Waals surface area contributed by atoms with Crippen LogP contribution in [0.3, 0.4) is 0 Å². The highest BCUT2D eigenvalue weighted by molar-refractivity contribution is 6.32. The zero-order valence-corrected chi connectivity index (χ0v) is 14.7. The van der Waals surface area contributed by atoms with Crippen LogP contribution in [-0.4, -0.2) is 5.91 Å². The maximum absolute atomic E-state index is 12.2. The van der Waals surface area contributed by atoms with Crippen molar-refractivity contribution in [2.75, 3.05) is 5.32 Å². The van der Waals surface area contributed by atoms with Crippen LogP contribution in [0.25, 0.3) is 6.08 Å². The lowest BCUT2D eigenvalue weighted by molar-refractivity contribution is -0.111. The number of benzene rings is 2. The predicted octanol–water partition coefficient (Wildman–Crippen LogP) is 5.77. The van der Waals surface area contributed by atoms with Crippen molar-refractivity contribution in [1.82, 2.24) is 0 Å². The molecule has 2 aromatic rings. The smallest absolute Gasteiger partial charge is 0.248 e. The first kappa shape index (κ1) is 17.6. The molecule has 0 fully saturated rings. The summed E-state index contributed by atoms with van der Waals surface area (Å²) in [6.07, 6.45) is 4.88. The van der Waals surface area contributed by atoms with Gasteiger partial charge in [0, 0.05) is 21.8 Å². The number of amides is 1. The van der Waals surface area contributed by atoms with Gasteiger partial charge in [0.25, 0.3) is 0 Å². The van der Waals surface area contributed by atoms with Gasteiger partial charge in [-0.05, 0) is 53.8 Å². The highest BCUT2D eigenvalue weighted by Gasteiger charge is 2.11. The van der Waals surface area contributed by atoms with E-state index in [1.165, 1.54) is 6.08 Å². The number of nitrogens with one attached hydrogen (secondary N) is 1. The summed E-state index contributed by atoms with van der Waals surface area (Å²) in [7, 11) is 0. The summed E-state index contributed by atoms with van der Waals surface area (Å²) in [5.41, 5.74) is 3.80. The fourth-order valence-corrected chi connectivity index (χ4v) is 2.79. The van der Waals surface area contributed by atoms with Crippen LogP contribution in [0, 0.1) is 0 Å². The van der Waals surface area contributed by atoms with Crippen molar-refractivity contribution < 1.29 is 4.79 Å². The van der Waals surface area contributed by atoms with Crippen molar-refractivity contribution in [2.24, 2.45) is 0 Å². The van der Waals surface area contributed by atoms with Gasteiger partial charge in [-0.3, -0.25) is 4.79 Å². The molecule has 1 amide bonds. The lowest BCUT2D eigenvalue weighted by Crippen LogP contribution is -2.12. The zero-order valence-electron chi connectivity index (χ0n) is 13.2. The Kier molecular flexibility index (Phi) is 6.26. The number of hydrogen-bond acceptors (Lipinski definition) is 1. The summed E-state index contributed by atoms with van der Waals surface area (Å²) in [6, 6.07) is 11.2. The van der Waals surface area contributed by atoms with E-state index in [1.807, 2.05) is 31.2 Å². The third-order valence-corrected chi connectivity index (χ3v) is 4.23. The lowest BCUT2D eigenvalue weighted by Gasteiger charge is -2.15. The standard InChI is InChI=1S/C19H19Cl2NO/c1-3-14-8-11-17(21)16(4-2)19(14)22-18(23)12-7-13-5-9-15(20)10-6-13/h5-12H,3-4H2,1-2H3,(H,22,23)/b12-7+. The van der Waals surface area contributed by atoms with Gasteiger partial charge in [0.15, 0.2) is 0 Å². The van der Waals surface area contributed by atoms with Gasteiger partial charge < -0.3 is 5.32 Å². The SMILES string of the molecule is CCc1ccc(Cl)c(CC)c1NC(=O)/C=C/c1ccc(Cl)cc1. The van der Waals surface area contributed by atoms with Gasteiger partial charge >= 0.3 is 0 Å². The molecule has 0 saturated heterocycles. The average Bonchev–Trinajstić information content (AvgIpc) is 2.55. The predicted molar refractivity (Wildman–Crippen MR) is 99.3 cm³/mol. The molecule has 0 aliphatic heterocycles. The largest absolute Gasteiger partial charge is 0.322 e. The topological polar surface area (TPSA) is 29.1 Å². The van der Waals surface area contributed by atoms with Gasteiger partial charge in [0.05, 0.1) is 0 Å². The van der Waals surface area contributed by atoms with E-state index in [-0.39, 0.29) is 5.91 Å². The summed E-state index contributed by atoms with van der Waals surface area (Å²) in [6.45, 7) is 4.09. The van der Waals surface area contributed by atoms with Crippen LogP contribution in [0.4, 0.5) is 5.69 Å². The maximum atomic E-state index is 12.2. The second kappa shape index (κ2) is 8.19. The van der Waals surface area contributed by atoms with Crippen molar-refractivity contribution in [3.05, 3.63) is 69.2 Å². The van der Waals surface area contributed by atoms with Crippen LogP contribution < -0.4 is 5.32 Å². The molecule has 0 aliphatic carbocycles. The Morgan fingerprint density at radius 2 is 1.74 bits per heavy atom. The van der Waals surface area contributed by atoms with Gasteiger partial charge in [-0.1, -0.05) is 55.2 Å². The van der Waals surface area contributed by atoms with E-state index in [2.05, 4.69) is 12.2 Å². The van der Waals surface area contributed by atoms with Gasteiger partial charge in [-0.2, -0.15) is 0 Å². The van der Waals surface area contributed by atoms with Gasteiger partial charge in [0.1, 0.15) is 0 Å². The van der Waals surface area contributed by atoms with Crippen molar-refractivity contribution in [1.29, 1.82) is 0 Å². The summed E-state index contributed by atoms with van der Waals surface area (Å²) in [5.74, 6) is -0.174. The highest BCUT2D eigenvalue weighted by atomic mass is 35.5. The fraction of sp³-hybridized carbons (Fsp3) is 0.211. The minimum Gasteiger partial charge on any atom is -0.322 e. The molecule has 0 bridgehead atoms. The highest BCUT2D eigenvalue weighted by Crippen LogP contribution is 2.29. The third kappa shape index (κ3) is 4.60. The normalized spacial score (nSPS) is 11.0.